The summed E-state index contributed by atoms with van der Waals surface area (Å²) >= 11 is 0. The van der Waals surface area contributed by atoms with Crippen molar-refractivity contribution in [2.75, 3.05) is 31.6 Å². The molecule has 0 aromatic rings. The highest BCUT2D eigenvalue weighted by Gasteiger charge is 2.32. The highest BCUT2D eigenvalue weighted by molar-refractivity contribution is 7.90. The van der Waals surface area contributed by atoms with Crippen LogP contribution in [0.3, 0.4) is 0 Å². The molecule has 0 radical (unpaired) electrons. The van der Waals surface area contributed by atoms with Crippen LogP contribution in [0.15, 0.2) is 0 Å². The third kappa shape index (κ3) is 5.53. The second kappa shape index (κ2) is 7.93. The first-order valence-electron chi connectivity index (χ1n) is 8.64. The van der Waals surface area contributed by atoms with Gasteiger partial charge in [0.25, 0.3) is 0 Å². The zero-order chi connectivity index (χ0) is 15.3. The summed E-state index contributed by atoms with van der Waals surface area (Å²) in [4.78, 5) is 2.44. The van der Waals surface area contributed by atoms with E-state index in [1.807, 2.05) is 0 Å². The second-order valence-corrected chi connectivity index (χ2v) is 9.24. The van der Waals surface area contributed by atoms with Crippen molar-refractivity contribution in [3.63, 3.8) is 0 Å². The predicted molar refractivity (Wildman–Crippen MR) is 88.3 cm³/mol. The van der Waals surface area contributed by atoms with E-state index in [4.69, 9.17) is 0 Å². The third-order valence-corrected chi connectivity index (χ3v) is 6.08. The smallest absolute Gasteiger partial charge is 0.148 e. The Bertz CT molecular complexity index is 405. The van der Waals surface area contributed by atoms with Gasteiger partial charge >= 0.3 is 0 Å². The molecular weight excluding hydrogens is 284 g/mol. The van der Waals surface area contributed by atoms with E-state index in [1.165, 1.54) is 38.4 Å². The topological polar surface area (TPSA) is 49.4 Å². The van der Waals surface area contributed by atoms with E-state index in [2.05, 4.69) is 17.1 Å². The first-order chi connectivity index (χ1) is 9.99. The lowest BCUT2D eigenvalue weighted by molar-refractivity contribution is 0.0964. The normalized spacial score (nSPS) is 29.6. The number of nitrogens with zero attached hydrogens (tertiary/aromatic N) is 1. The maximum atomic E-state index is 11.5. The second-order valence-electron chi connectivity index (χ2n) is 6.98. The average molecular weight is 317 g/mol. The van der Waals surface area contributed by atoms with Crippen LogP contribution in [0.2, 0.25) is 0 Å². The maximum Gasteiger partial charge on any atom is 0.148 e. The summed E-state index contributed by atoms with van der Waals surface area (Å²) < 4.78 is 23.0. The highest BCUT2D eigenvalue weighted by Crippen LogP contribution is 2.28. The summed E-state index contributed by atoms with van der Waals surface area (Å²) in [5.41, 5.74) is 0. The summed E-state index contributed by atoms with van der Waals surface area (Å²) in [7, 11) is -2.87. The van der Waals surface area contributed by atoms with E-state index in [9.17, 15) is 8.42 Å². The van der Waals surface area contributed by atoms with Crippen LogP contribution in [0.5, 0.6) is 0 Å². The molecule has 1 aliphatic carbocycles. The van der Waals surface area contributed by atoms with Crippen molar-refractivity contribution >= 4 is 9.84 Å². The van der Waals surface area contributed by atoms with Gasteiger partial charge in [-0.05, 0) is 25.2 Å². The van der Waals surface area contributed by atoms with Crippen molar-refractivity contribution in [3.8, 4) is 0 Å². The van der Waals surface area contributed by atoms with Gasteiger partial charge in [-0.2, -0.15) is 0 Å². The Morgan fingerprint density at radius 1 is 1.19 bits per heavy atom. The zero-order valence-electron chi connectivity index (χ0n) is 13.7. The SMILES string of the molecule is CCCC1CNC(C2CCCCC2)CN1CCS(C)(=O)=O. The van der Waals surface area contributed by atoms with E-state index >= 15 is 0 Å². The zero-order valence-corrected chi connectivity index (χ0v) is 14.5. The fourth-order valence-electron chi connectivity index (χ4n) is 3.91. The van der Waals surface area contributed by atoms with Crippen LogP contribution < -0.4 is 5.32 Å². The molecule has 1 saturated carbocycles. The minimum atomic E-state index is -2.87. The molecule has 5 heteroatoms. The number of hydrogen-bond donors (Lipinski definition) is 1. The monoisotopic (exact) mass is 316 g/mol. The third-order valence-electron chi connectivity index (χ3n) is 5.15. The lowest BCUT2D eigenvalue weighted by atomic mass is 9.82. The molecule has 2 rings (SSSR count). The Morgan fingerprint density at radius 3 is 2.52 bits per heavy atom. The Morgan fingerprint density at radius 2 is 1.90 bits per heavy atom. The minimum Gasteiger partial charge on any atom is -0.311 e. The van der Waals surface area contributed by atoms with Gasteiger partial charge < -0.3 is 5.32 Å². The molecule has 0 bridgehead atoms. The molecule has 1 saturated heterocycles. The Balaban J connectivity index is 1.93. The maximum absolute atomic E-state index is 11.5. The molecule has 2 atom stereocenters. The molecule has 0 aromatic heterocycles. The first kappa shape index (κ1) is 17.2. The molecule has 2 fully saturated rings. The van der Waals surface area contributed by atoms with Gasteiger partial charge in [-0.3, -0.25) is 4.90 Å². The molecule has 0 aromatic carbocycles. The molecular formula is C16H32N2O2S. The largest absolute Gasteiger partial charge is 0.311 e. The van der Waals surface area contributed by atoms with Gasteiger partial charge in [0.15, 0.2) is 0 Å². The van der Waals surface area contributed by atoms with E-state index in [0.29, 0.717) is 24.4 Å². The summed E-state index contributed by atoms with van der Waals surface area (Å²) in [5, 5.41) is 3.76. The van der Waals surface area contributed by atoms with Crippen molar-refractivity contribution in [2.45, 2.75) is 64.0 Å². The Labute approximate surface area is 130 Å². The van der Waals surface area contributed by atoms with Crippen LogP contribution in [0.4, 0.5) is 0 Å². The van der Waals surface area contributed by atoms with E-state index in [1.54, 1.807) is 0 Å². The number of nitrogens with one attached hydrogen (secondary N) is 1. The first-order valence-corrected chi connectivity index (χ1v) is 10.7. The number of hydrogen-bond acceptors (Lipinski definition) is 4. The van der Waals surface area contributed by atoms with Crippen LogP contribution in [-0.2, 0) is 9.84 Å². The summed E-state index contributed by atoms with van der Waals surface area (Å²) in [6.07, 6.45) is 10.5. The summed E-state index contributed by atoms with van der Waals surface area (Å²) in [6, 6.07) is 1.08. The number of rotatable bonds is 6. The van der Waals surface area contributed by atoms with Gasteiger partial charge in [0.1, 0.15) is 9.84 Å². The summed E-state index contributed by atoms with van der Waals surface area (Å²) in [6.45, 7) is 4.97. The standard InChI is InChI=1S/C16H32N2O2S/c1-3-7-15-12-17-16(14-8-5-4-6-9-14)13-18(15)10-11-21(2,19)20/h14-17H,3-13H2,1-2H3. The van der Waals surface area contributed by atoms with Gasteiger partial charge in [0.2, 0.25) is 0 Å². The lowest BCUT2D eigenvalue weighted by Crippen LogP contribution is -2.59. The molecule has 1 aliphatic heterocycles. The number of piperazine rings is 1. The van der Waals surface area contributed by atoms with E-state index < -0.39 is 9.84 Å². The van der Waals surface area contributed by atoms with Crippen molar-refractivity contribution in [1.82, 2.24) is 10.2 Å². The Kier molecular flexibility index (Phi) is 6.51. The average Bonchev–Trinajstić information content (AvgIpc) is 2.46. The fraction of sp³-hybridized carbons (Fsp3) is 1.00. The molecule has 1 heterocycles. The van der Waals surface area contributed by atoms with Crippen molar-refractivity contribution in [3.05, 3.63) is 0 Å². The molecule has 124 valence electrons. The van der Waals surface area contributed by atoms with Gasteiger partial charge in [0, 0.05) is 38.0 Å². The summed E-state index contributed by atoms with van der Waals surface area (Å²) in [5.74, 6) is 1.09. The van der Waals surface area contributed by atoms with Crippen molar-refractivity contribution in [2.24, 2.45) is 5.92 Å². The minimum absolute atomic E-state index is 0.296. The molecule has 2 aliphatic rings. The number of sulfone groups is 1. The van der Waals surface area contributed by atoms with Crippen LogP contribution in [0.1, 0.15) is 51.9 Å². The van der Waals surface area contributed by atoms with Gasteiger partial charge in [-0.15, -0.1) is 0 Å². The fourth-order valence-corrected chi connectivity index (χ4v) is 4.48. The van der Waals surface area contributed by atoms with Crippen LogP contribution >= 0.6 is 0 Å². The van der Waals surface area contributed by atoms with Crippen LogP contribution in [0.25, 0.3) is 0 Å². The van der Waals surface area contributed by atoms with E-state index in [-0.39, 0.29) is 0 Å². The molecule has 0 amide bonds. The molecule has 1 N–H and O–H groups in total. The van der Waals surface area contributed by atoms with Crippen LogP contribution in [0, 0.1) is 5.92 Å². The van der Waals surface area contributed by atoms with Gasteiger partial charge in [-0.1, -0.05) is 32.6 Å². The van der Waals surface area contributed by atoms with Crippen molar-refractivity contribution < 1.29 is 8.42 Å². The van der Waals surface area contributed by atoms with Gasteiger partial charge in [0.05, 0.1) is 5.75 Å². The highest BCUT2D eigenvalue weighted by atomic mass is 32.2. The molecule has 4 nitrogen and oxygen atoms in total. The lowest BCUT2D eigenvalue weighted by Gasteiger charge is -2.44. The molecule has 2 unspecified atom stereocenters. The molecule has 0 spiro atoms. The van der Waals surface area contributed by atoms with Crippen LogP contribution in [-0.4, -0.2) is 57.0 Å². The van der Waals surface area contributed by atoms with Crippen molar-refractivity contribution in [1.29, 1.82) is 0 Å². The predicted octanol–water partition coefficient (Wildman–Crippen LogP) is 2.05. The van der Waals surface area contributed by atoms with E-state index in [0.717, 1.165) is 31.8 Å². The Hall–Kier alpha value is -0.130. The molecule has 21 heavy (non-hydrogen) atoms. The van der Waals surface area contributed by atoms with Gasteiger partial charge in [-0.25, -0.2) is 8.42 Å². The quantitative estimate of drug-likeness (QED) is 0.815.